The van der Waals surface area contributed by atoms with Crippen molar-refractivity contribution in [2.45, 2.75) is 38.9 Å². The topological polar surface area (TPSA) is 44.8 Å². The summed E-state index contributed by atoms with van der Waals surface area (Å²) in [5, 5.41) is 0. The highest BCUT2D eigenvalue weighted by molar-refractivity contribution is 6.55. The Morgan fingerprint density at radius 1 is 1.20 bits per heavy atom. The molecule has 2 aliphatic heterocycles. The lowest BCUT2D eigenvalue weighted by molar-refractivity contribution is -0.134. The Balaban J connectivity index is 2.16. The second kappa shape index (κ2) is 3.09. The van der Waals surface area contributed by atoms with Crippen molar-refractivity contribution in [3.63, 3.8) is 0 Å². The SMILES string of the molecule is CC1(C)OB(C2=CC(=O)OC2)OC1(C)C. The summed E-state index contributed by atoms with van der Waals surface area (Å²) in [7, 11) is -0.457. The Labute approximate surface area is 89.7 Å². The van der Waals surface area contributed by atoms with Crippen LogP contribution >= 0.6 is 0 Å². The van der Waals surface area contributed by atoms with Crippen LogP contribution in [0.5, 0.6) is 0 Å². The molecule has 0 aliphatic carbocycles. The molecule has 2 rings (SSSR count). The molecule has 0 atom stereocenters. The molecule has 0 unspecified atom stereocenters. The van der Waals surface area contributed by atoms with Crippen LogP contribution < -0.4 is 0 Å². The Hall–Kier alpha value is -0.805. The molecule has 15 heavy (non-hydrogen) atoms. The lowest BCUT2D eigenvalue weighted by atomic mass is 9.79. The molecule has 2 aliphatic rings. The van der Waals surface area contributed by atoms with E-state index in [4.69, 9.17) is 14.0 Å². The predicted octanol–water partition coefficient (Wildman–Crippen LogP) is 1.10. The molecule has 4 nitrogen and oxygen atoms in total. The van der Waals surface area contributed by atoms with Crippen LogP contribution in [-0.2, 0) is 18.8 Å². The van der Waals surface area contributed by atoms with Gasteiger partial charge >= 0.3 is 13.1 Å². The maximum Gasteiger partial charge on any atom is 0.494 e. The van der Waals surface area contributed by atoms with Crippen LogP contribution in [0.2, 0.25) is 0 Å². The summed E-state index contributed by atoms with van der Waals surface area (Å²) in [6.07, 6.45) is 1.45. The van der Waals surface area contributed by atoms with Gasteiger partial charge in [0.15, 0.2) is 0 Å². The zero-order valence-electron chi connectivity index (χ0n) is 9.49. The first-order valence-corrected chi connectivity index (χ1v) is 5.05. The van der Waals surface area contributed by atoms with E-state index in [0.717, 1.165) is 5.47 Å². The normalized spacial score (nSPS) is 27.9. The van der Waals surface area contributed by atoms with Gasteiger partial charge in [0.2, 0.25) is 0 Å². The highest BCUT2D eigenvalue weighted by Crippen LogP contribution is 2.38. The highest BCUT2D eigenvalue weighted by atomic mass is 16.7. The minimum atomic E-state index is -0.457. The Morgan fingerprint density at radius 2 is 1.73 bits per heavy atom. The predicted molar refractivity (Wildman–Crippen MR) is 55.1 cm³/mol. The monoisotopic (exact) mass is 210 g/mol. The summed E-state index contributed by atoms with van der Waals surface area (Å²) in [5.74, 6) is -0.320. The third-order valence-corrected chi connectivity index (χ3v) is 3.24. The van der Waals surface area contributed by atoms with E-state index in [-0.39, 0.29) is 23.8 Å². The number of carbonyl (C=O) groups is 1. The zero-order valence-corrected chi connectivity index (χ0v) is 9.49. The molecule has 1 fully saturated rings. The van der Waals surface area contributed by atoms with Crippen LogP contribution in [0.25, 0.3) is 0 Å². The average molecular weight is 210 g/mol. The van der Waals surface area contributed by atoms with E-state index in [0.29, 0.717) is 0 Å². The van der Waals surface area contributed by atoms with Crippen LogP contribution in [0.1, 0.15) is 27.7 Å². The molecule has 0 aromatic rings. The van der Waals surface area contributed by atoms with Crippen molar-refractivity contribution in [3.05, 3.63) is 11.5 Å². The molecule has 0 bridgehead atoms. The molecular formula is C10H15BO4. The summed E-state index contributed by atoms with van der Waals surface area (Å²) in [6.45, 7) is 8.18. The van der Waals surface area contributed by atoms with Gasteiger partial charge in [-0.2, -0.15) is 0 Å². The van der Waals surface area contributed by atoms with Gasteiger partial charge in [-0.05, 0) is 27.7 Å². The summed E-state index contributed by atoms with van der Waals surface area (Å²) >= 11 is 0. The summed E-state index contributed by atoms with van der Waals surface area (Å²) in [5.41, 5.74) is 0.0209. The molecule has 2 heterocycles. The van der Waals surface area contributed by atoms with E-state index in [1.54, 1.807) is 0 Å². The third kappa shape index (κ3) is 1.70. The lowest BCUT2D eigenvalue weighted by Gasteiger charge is -2.32. The fourth-order valence-electron chi connectivity index (χ4n) is 1.52. The molecular weight excluding hydrogens is 195 g/mol. The van der Waals surface area contributed by atoms with E-state index in [1.807, 2.05) is 27.7 Å². The van der Waals surface area contributed by atoms with E-state index in [9.17, 15) is 4.79 Å². The van der Waals surface area contributed by atoms with Crippen LogP contribution in [-0.4, -0.2) is 30.9 Å². The maximum absolute atomic E-state index is 10.9. The molecule has 0 radical (unpaired) electrons. The molecule has 0 spiro atoms. The number of carbonyl (C=O) groups excluding carboxylic acids is 1. The maximum atomic E-state index is 10.9. The number of cyclic esters (lactones) is 1. The van der Waals surface area contributed by atoms with Gasteiger partial charge in [0.1, 0.15) is 6.61 Å². The Morgan fingerprint density at radius 3 is 2.13 bits per heavy atom. The van der Waals surface area contributed by atoms with Gasteiger partial charge in [-0.25, -0.2) is 4.79 Å². The van der Waals surface area contributed by atoms with Crippen molar-refractivity contribution in [2.24, 2.45) is 0 Å². The smallest absolute Gasteiger partial charge is 0.459 e. The van der Waals surface area contributed by atoms with Gasteiger partial charge in [-0.1, -0.05) is 0 Å². The van der Waals surface area contributed by atoms with Gasteiger partial charge in [0, 0.05) is 11.5 Å². The minimum absolute atomic E-state index is 0.273. The lowest BCUT2D eigenvalue weighted by Crippen LogP contribution is -2.41. The van der Waals surface area contributed by atoms with Gasteiger partial charge in [0.05, 0.1) is 11.2 Å². The number of esters is 1. The summed E-state index contributed by atoms with van der Waals surface area (Å²) < 4.78 is 16.4. The molecule has 0 N–H and O–H groups in total. The van der Waals surface area contributed by atoms with E-state index < -0.39 is 7.12 Å². The van der Waals surface area contributed by atoms with Crippen molar-refractivity contribution in [3.8, 4) is 0 Å². The number of ether oxygens (including phenoxy) is 1. The first-order valence-electron chi connectivity index (χ1n) is 5.05. The molecule has 0 amide bonds. The van der Waals surface area contributed by atoms with Crippen molar-refractivity contribution in [1.29, 1.82) is 0 Å². The quantitative estimate of drug-likeness (QED) is 0.480. The number of rotatable bonds is 1. The zero-order chi connectivity index (χ0) is 11.3. The first-order chi connectivity index (χ1) is 6.82. The van der Waals surface area contributed by atoms with Gasteiger partial charge in [0.25, 0.3) is 0 Å². The standard InChI is InChI=1S/C10H15BO4/c1-9(2)10(3,4)15-11(14-9)7-5-8(12)13-6-7/h5H,6H2,1-4H3. The fraction of sp³-hybridized carbons (Fsp3) is 0.700. The Kier molecular flexibility index (Phi) is 2.21. The molecule has 0 aromatic heterocycles. The van der Waals surface area contributed by atoms with Crippen molar-refractivity contribution in [2.75, 3.05) is 6.61 Å². The van der Waals surface area contributed by atoms with Crippen LogP contribution in [0.15, 0.2) is 11.5 Å². The van der Waals surface area contributed by atoms with E-state index >= 15 is 0 Å². The first kappa shape index (κ1) is 10.7. The van der Waals surface area contributed by atoms with Crippen molar-refractivity contribution in [1.82, 2.24) is 0 Å². The van der Waals surface area contributed by atoms with E-state index in [1.165, 1.54) is 6.08 Å². The molecule has 0 saturated carbocycles. The van der Waals surface area contributed by atoms with Gasteiger partial charge in [-0.3, -0.25) is 0 Å². The summed E-state index contributed by atoms with van der Waals surface area (Å²) in [4.78, 5) is 10.9. The Bertz CT molecular complexity index is 316. The fourth-order valence-corrected chi connectivity index (χ4v) is 1.52. The average Bonchev–Trinajstić information content (AvgIpc) is 2.56. The number of hydrogen-bond donors (Lipinski definition) is 0. The molecule has 0 aromatic carbocycles. The largest absolute Gasteiger partial charge is 0.494 e. The third-order valence-electron chi connectivity index (χ3n) is 3.24. The van der Waals surface area contributed by atoms with Crippen LogP contribution in [0.4, 0.5) is 0 Å². The summed E-state index contributed by atoms with van der Waals surface area (Å²) in [6, 6.07) is 0. The van der Waals surface area contributed by atoms with Crippen molar-refractivity contribution < 1.29 is 18.8 Å². The molecule has 5 heteroatoms. The van der Waals surface area contributed by atoms with E-state index in [2.05, 4.69) is 0 Å². The molecule has 1 saturated heterocycles. The second-order valence-corrected chi connectivity index (χ2v) is 4.92. The minimum Gasteiger partial charge on any atom is -0.459 e. The second-order valence-electron chi connectivity index (χ2n) is 4.92. The molecule has 82 valence electrons. The van der Waals surface area contributed by atoms with Crippen molar-refractivity contribution >= 4 is 13.1 Å². The van der Waals surface area contributed by atoms with Crippen LogP contribution in [0.3, 0.4) is 0 Å². The highest BCUT2D eigenvalue weighted by Gasteiger charge is 2.53. The van der Waals surface area contributed by atoms with Gasteiger partial charge < -0.3 is 14.0 Å². The number of hydrogen-bond acceptors (Lipinski definition) is 4. The van der Waals surface area contributed by atoms with Crippen LogP contribution in [0, 0.1) is 0 Å². The van der Waals surface area contributed by atoms with Gasteiger partial charge in [-0.15, -0.1) is 0 Å².